The number of thioether (sulfide) groups is 1. The molecule has 2 rings (SSSR count). The number of anilines is 1. The van der Waals surface area contributed by atoms with Crippen molar-refractivity contribution in [3.8, 4) is 5.75 Å². The fourth-order valence-corrected chi connectivity index (χ4v) is 3.03. The zero-order valence-corrected chi connectivity index (χ0v) is 13.4. The van der Waals surface area contributed by atoms with E-state index in [1.54, 1.807) is 7.11 Å². The van der Waals surface area contributed by atoms with Crippen molar-refractivity contribution in [1.82, 2.24) is 5.32 Å². The lowest BCUT2D eigenvalue weighted by atomic mass is 10.2. The van der Waals surface area contributed by atoms with Gasteiger partial charge in [0.15, 0.2) is 0 Å². The Morgan fingerprint density at radius 2 is 2.35 bits per heavy atom. The quantitative estimate of drug-likeness (QED) is 0.896. The Balaban J connectivity index is 0.00000200. The van der Waals surface area contributed by atoms with E-state index in [9.17, 15) is 4.79 Å². The van der Waals surface area contributed by atoms with Gasteiger partial charge in [-0.05, 0) is 24.6 Å². The molecule has 1 atom stereocenters. The van der Waals surface area contributed by atoms with E-state index in [0.717, 1.165) is 29.3 Å². The molecular weight excluding hydrogens is 296 g/mol. The first-order chi connectivity index (χ1) is 9.19. The van der Waals surface area contributed by atoms with Crippen LogP contribution in [0, 0.1) is 6.92 Å². The predicted octanol–water partition coefficient (Wildman–Crippen LogP) is 2.46. The van der Waals surface area contributed by atoms with Crippen LogP contribution in [-0.4, -0.2) is 37.1 Å². The summed E-state index contributed by atoms with van der Waals surface area (Å²) in [5, 5.41) is 6.28. The van der Waals surface area contributed by atoms with Crippen LogP contribution in [0.4, 0.5) is 5.69 Å². The second kappa shape index (κ2) is 8.39. The number of carbonyl (C=O) groups excluding carboxylic acids is 1. The molecular formula is C14H21ClN2O2S. The molecule has 0 bridgehead atoms. The highest BCUT2D eigenvalue weighted by atomic mass is 35.5. The van der Waals surface area contributed by atoms with Gasteiger partial charge in [-0.2, -0.15) is 11.8 Å². The van der Waals surface area contributed by atoms with Crippen molar-refractivity contribution < 1.29 is 9.53 Å². The second-order valence-electron chi connectivity index (χ2n) is 4.68. The summed E-state index contributed by atoms with van der Waals surface area (Å²) in [6, 6.07) is 6.04. The van der Waals surface area contributed by atoms with Crippen LogP contribution in [0.25, 0.3) is 0 Å². The number of halogens is 1. The van der Waals surface area contributed by atoms with Gasteiger partial charge in [-0.3, -0.25) is 4.79 Å². The van der Waals surface area contributed by atoms with Crippen LogP contribution in [-0.2, 0) is 4.79 Å². The SMILES string of the molecule is COc1cc(C)ccc1NC(=O)CC1CSCCN1.Cl. The summed E-state index contributed by atoms with van der Waals surface area (Å²) >= 11 is 1.89. The highest BCUT2D eigenvalue weighted by Gasteiger charge is 2.17. The van der Waals surface area contributed by atoms with Gasteiger partial charge in [-0.1, -0.05) is 6.07 Å². The zero-order valence-electron chi connectivity index (χ0n) is 11.8. The van der Waals surface area contributed by atoms with E-state index in [1.165, 1.54) is 0 Å². The molecule has 1 aromatic carbocycles. The van der Waals surface area contributed by atoms with Gasteiger partial charge >= 0.3 is 0 Å². The Kier molecular flexibility index (Phi) is 7.19. The summed E-state index contributed by atoms with van der Waals surface area (Å²) in [7, 11) is 1.61. The largest absolute Gasteiger partial charge is 0.495 e. The van der Waals surface area contributed by atoms with Crippen LogP contribution in [0.15, 0.2) is 18.2 Å². The third kappa shape index (κ3) is 4.89. The monoisotopic (exact) mass is 316 g/mol. The minimum absolute atomic E-state index is 0. The molecule has 1 saturated heterocycles. The summed E-state index contributed by atoms with van der Waals surface area (Å²) in [5.41, 5.74) is 1.85. The molecule has 1 fully saturated rings. The lowest BCUT2D eigenvalue weighted by molar-refractivity contribution is -0.116. The number of aryl methyl sites for hydroxylation is 1. The number of rotatable bonds is 4. The maximum absolute atomic E-state index is 12.0. The zero-order chi connectivity index (χ0) is 13.7. The molecule has 0 saturated carbocycles. The van der Waals surface area contributed by atoms with Crippen LogP contribution < -0.4 is 15.4 Å². The normalized spacial score (nSPS) is 18.0. The first-order valence-corrected chi connectivity index (χ1v) is 7.60. The fourth-order valence-electron chi connectivity index (χ4n) is 2.08. The van der Waals surface area contributed by atoms with Crippen LogP contribution in [0.1, 0.15) is 12.0 Å². The van der Waals surface area contributed by atoms with Crippen LogP contribution in [0.3, 0.4) is 0 Å². The van der Waals surface area contributed by atoms with Gasteiger partial charge in [-0.25, -0.2) is 0 Å². The van der Waals surface area contributed by atoms with E-state index < -0.39 is 0 Å². The first-order valence-electron chi connectivity index (χ1n) is 6.44. The van der Waals surface area contributed by atoms with Crippen LogP contribution in [0.5, 0.6) is 5.75 Å². The highest BCUT2D eigenvalue weighted by Crippen LogP contribution is 2.25. The lowest BCUT2D eigenvalue weighted by Crippen LogP contribution is -2.39. The molecule has 1 aliphatic rings. The molecule has 1 unspecified atom stereocenters. The highest BCUT2D eigenvalue weighted by molar-refractivity contribution is 7.99. The van der Waals surface area contributed by atoms with Crippen molar-refractivity contribution in [1.29, 1.82) is 0 Å². The summed E-state index contributed by atoms with van der Waals surface area (Å²) in [6.45, 7) is 2.98. The van der Waals surface area contributed by atoms with E-state index in [0.29, 0.717) is 12.2 Å². The third-order valence-electron chi connectivity index (χ3n) is 3.06. The summed E-state index contributed by atoms with van der Waals surface area (Å²) in [6.07, 6.45) is 0.504. The summed E-state index contributed by atoms with van der Waals surface area (Å²) in [5.74, 6) is 2.86. The number of ether oxygens (including phenoxy) is 1. The molecule has 0 radical (unpaired) electrons. The fraction of sp³-hybridized carbons (Fsp3) is 0.500. The van der Waals surface area contributed by atoms with E-state index in [4.69, 9.17) is 4.74 Å². The molecule has 1 aliphatic heterocycles. The van der Waals surface area contributed by atoms with Crippen molar-refractivity contribution in [2.24, 2.45) is 0 Å². The Morgan fingerprint density at radius 1 is 1.55 bits per heavy atom. The minimum Gasteiger partial charge on any atom is -0.495 e. The molecule has 2 N–H and O–H groups in total. The Morgan fingerprint density at radius 3 is 3.00 bits per heavy atom. The number of amides is 1. The molecule has 1 aromatic rings. The van der Waals surface area contributed by atoms with Crippen LogP contribution >= 0.6 is 24.2 Å². The number of methoxy groups -OCH3 is 1. The van der Waals surface area contributed by atoms with Crippen LogP contribution in [0.2, 0.25) is 0 Å². The van der Waals surface area contributed by atoms with Gasteiger partial charge in [0.05, 0.1) is 12.8 Å². The molecule has 112 valence electrons. The second-order valence-corrected chi connectivity index (χ2v) is 5.83. The molecule has 0 aromatic heterocycles. The first kappa shape index (κ1) is 17.1. The van der Waals surface area contributed by atoms with E-state index in [-0.39, 0.29) is 24.4 Å². The average molecular weight is 317 g/mol. The molecule has 20 heavy (non-hydrogen) atoms. The Hall–Kier alpha value is -0.910. The van der Waals surface area contributed by atoms with Crippen molar-refractivity contribution in [3.05, 3.63) is 23.8 Å². The van der Waals surface area contributed by atoms with Gasteiger partial charge in [0.25, 0.3) is 0 Å². The van der Waals surface area contributed by atoms with Gasteiger partial charge < -0.3 is 15.4 Å². The number of nitrogens with one attached hydrogen (secondary N) is 2. The number of hydrogen-bond donors (Lipinski definition) is 2. The molecule has 6 heteroatoms. The molecule has 1 amide bonds. The Labute approximate surface area is 130 Å². The topological polar surface area (TPSA) is 50.4 Å². The smallest absolute Gasteiger partial charge is 0.226 e. The minimum atomic E-state index is 0. The van der Waals surface area contributed by atoms with Crippen molar-refractivity contribution >= 4 is 35.8 Å². The Bertz CT molecular complexity index is 451. The standard InChI is InChI=1S/C14H20N2O2S.ClH/c1-10-3-4-12(13(7-10)18-2)16-14(17)8-11-9-19-6-5-15-11;/h3-4,7,11,15H,5-6,8-9H2,1-2H3,(H,16,17);1H. The average Bonchev–Trinajstić information content (AvgIpc) is 2.42. The number of hydrogen-bond acceptors (Lipinski definition) is 4. The summed E-state index contributed by atoms with van der Waals surface area (Å²) in [4.78, 5) is 12.0. The van der Waals surface area contributed by atoms with Crippen molar-refractivity contribution in [2.45, 2.75) is 19.4 Å². The van der Waals surface area contributed by atoms with Gasteiger partial charge in [0.2, 0.25) is 5.91 Å². The van der Waals surface area contributed by atoms with Crippen molar-refractivity contribution in [2.75, 3.05) is 30.5 Å². The van der Waals surface area contributed by atoms with Gasteiger partial charge in [0.1, 0.15) is 5.75 Å². The van der Waals surface area contributed by atoms with Gasteiger partial charge in [-0.15, -0.1) is 12.4 Å². The lowest BCUT2D eigenvalue weighted by Gasteiger charge is -2.22. The number of carbonyl (C=O) groups is 1. The maximum atomic E-state index is 12.0. The van der Waals surface area contributed by atoms with E-state index in [1.807, 2.05) is 36.9 Å². The molecule has 4 nitrogen and oxygen atoms in total. The number of benzene rings is 1. The van der Waals surface area contributed by atoms with Crippen molar-refractivity contribution in [3.63, 3.8) is 0 Å². The van der Waals surface area contributed by atoms with E-state index in [2.05, 4.69) is 10.6 Å². The van der Waals surface area contributed by atoms with E-state index >= 15 is 0 Å². The van der Waals surface area contributed by atoms with Gasteiger partial charge in [0, 0.05) is 30.5 Å². The third-order valence-corrected chi connectivity index (χ3v) is 4.19. The maximum Gasteiger partial charge on any atom is 0.226 e. The molecule has 1 heterocycles. The molecule has 0 spiro atoms. The molecule has 0 aliphatic carbocycles. The predicted molar refractivity (Wildman–Crippen MR) is 87.3 cm³/mol. The summed E-state index contributed by atoms with van der Waals surface area (Å²) < 4.78 is 5.28.